The van der Waals surface area contributed by atoms with Gasteiger partial charge in [-0.1, -0.05) is 0 Å². The monoisotopic (exact) mass is 210 g/mol. The Morgan fingerprint density at radius 1 is 1.60 bits per heavy atom. The van der Waals surface area contributed by atoms with Gasteiger partial charge in [-0.2, -0.15) is 5.10 Å². The lowest BCUT2D eigenvalue weighted by Gasteiger charge is -2.00. The van der Waals surface area contributed by atoms with E-state index >= 15 is 0 Å². The van der Waals surface area contributed by atoms with Crippen LogP contribution in [0, 0.1) is 0 Å². The standard InChI is InChI=1S/C10H18N4O/c1-2-15-6-5-14-8-12-10(13-14)7-11-9-3-4-9/h8-9,11H,2-7H2,1H3. The Morgan fingerprint density at radius 2 is 2.47 bits per heavy atom. The van der Waals surface area contributed by atoms with Crippen molar-refractivity contribution < 1.29 is 4.74 Å². The number of hydrogen-bond donors (Lipinski definition) is 1. The predicted octanol–water partition coefficient (Wildman–Crippen LogP) is 0.567. The van der Waals surface area contributed by atoms with E-state index in [1.807, 2.05) is 11.6 Å². The topological polar surface area (TPSA) is 52.0 Å². The largest absolute Gasteiger partial charge is 0.380 e. The quantitative estimate of drug-likeness (QED) is 0.668. The lowest BCUT2D eigenvalue weighted by atomic mass is 10.5. The van der Waals surface area contributed by atoms with Gasteiger partial charge in [0, 0.05) is 12.6 Å². The van der Waals surface area contributed by atoms with Gasteiger partial charge in [0.25, 0.3) is 0 Å². The molecule has 0 amide bonds. The number of aromatic nitrogens is 3. The molecule has 1 N–H and O–H groups in total. The minimum absolute atomic E-state index is 0.704. The summed E-state index contributed by atoms with van der Waals surface area (Å²) in [5.41, 5.74) is 0. The van der Waals surface area contributed by atoms with Crippen molar-refractivity contribution >= 4 is 0 Å². The van der Waals surface area contributed by atoms with Crippen molar-refractivity contribution in [3.63, 3.8) is 0 Å². The lowest BCUT2D eigenvalue weighted by molar-refractivity contribution is 0.136. The maximum absolute atomic E-state index is 5.25. The average molecular weight is 210 g/mol. The average Bonchev–Trinajstić information content (AvgIpc) is 2.97. The molecule has 84 valence electrons. The van der Waals surface area contributed by atoms with E-state index in [0.29, 0.717) is 12.6 Å². The van der Waals surface area contributed by atoms with E-state index in [0.717, 1.165) is 25.5 Å². The Labute approximate surface area is 89.8 Å². The minimum atomic E-state index is 0.704. The fourth-order valence-electron chi connectivity index (χ4n) is 1.35. The van der Waals surface area contributed by atoms with Crippen molar-refractivity contribution in [2.45, 2.75) is 38.9 Å². The first kappa shape index (κ1) is 10.6. The molecular formula is C10H18N4O. The second-order valence-corrected chi connectivity index (χ2v) is 3.78. The van der Waals surface area contributed by atoms with E-state index in [-0.39, 0.29) is 0 Å². The number of ether oxygens (including phenoxy) is 1. The second kappa shape index (κ2) is 5.23. The first-order chi connectivity index (χ1) is 7.38. The Bertz CT molecular complexity index is 295. The normalized spacial score (nSPS) is 15.8. The van der Waals surface area contributed by atoms with E-state index in [1.165, 1.54) is 12.8 Å². The van der Waals surface area contributed by atoms with Crippen LogP contribution >= 0.6 is 0 Å². The SMILES string of the molecule is CCOCCn1cnc(CNC2CC2)n1. The molecule has 0 spiro atoms. The summed E-state index contributed by atoms with van der Waals surface area (Å²) in [6.07, 6.45) is 4.36. The molecule has 0 aromatic carbocycles. The van der Waals surface area contributed by atoms with Crippen molar-refractivity contribution in [1.29, 1.82) is 0 Å². The highest BCUT2D eigenvalue weighted by Gasteiger charge is 2.20. The van der Waals surface area contributed by atoms with Crippen LogP contribution in [0.1, 0.15) is 25.6 Å². The third-order valence-electron chi connectivity index (χ3n) is 2.38. The van der Waals surface area contributed by atoms with E-state index in [2.05, 4.69) is 15.4 Å². The van der Waals surface area contributed by atoms with Crippen LogP contribution in [0.15, 0.2) is 6.33 Å². The van der Waals surface area contributed by atoms with Crippen molar-refractivity contribution in [3.05, 3.63) is 12.2 Å². The summed E-state index contributed by atoms with van der Waals surface area (Å²) < 4.78 is 7.08. The molecule has 0 atom stereocenters. The first-order valence-corrected chi connectivity index (χ1v) is 5.58. The zero-order valence-corrected chi connectivity index (χ0v) is 9.15. The summed E-state index contributed by atoms with van der Waals surface area (Å²) in [4.78, 5) is 4.23. The van der Waals surface area contributed by atoms with Crippen LogP contribution < -0.4 is 5.32 Å². The van der Waals surface area contributed by atoms with E-state index in [4.69, 9.17) is 4.74 Å². The van der Waals surface area contributed by atoms with Crippen molar-refractivity contribution in [3.8, 4) is 0 Å². The number of hydrogen-bond acceptors (Lipinski definition) is 4. The molecule has 0 radical (unpaired) electrons. The van der Waals surface area contributed by atoms with Crippen LogP contribution in [0.25, 0.3) is 0 Å². The van der Waals surface area contributed by atoms with Gasteiger partial charge in [0.1, 0.15) is 6.33 Å². The van der Waals surface area contributed by atoms with E-state index < -0.39 is 0 Å². The van der Waals surface area contributed by atoms with Crippen LogP contribution in [0.5, 0.6) is 0 Å². The molecule has 1 aliphatic rings. The molecule has 5 nitrogen and oxygen atoms in total. The van der Waals surface area contributed by atoms with Crippen LogP contribution in [-0.4, -0.2) is 34.0 Å². The summed E-state index contributed by atoms with van der Waals surface area (Å²) in [5.74, 6) is 0.874. The Balaban J connectivity index is 1.70. The molecule has 1 aromatic rings. The molecule has 2 rings (SSSR count). The highest BCUT2D eigenvalue weighted by atomic mass is 16.5. The Morgan fingerprint density at radius 3 is 3.20 bits per heavy atom. The highest BCUT2D eigenvalue weighted by Crippen LogP contribution is 2.18. The molecule has 0 bridgehead atoms. The van der Waals surface area contributed by atoms with Gasteiger partial charge in [-0.05, 0) is 19.8 Å². The van der Waals surface area contributed by atoms with Crippen molar-refractivity contribution in [2.24, 2.45) is 0 Å². The van der Waals surface area contributed by atoms with Crippen LogP contribution in [0.4, 0.5) is 0 Å². The van der Waals surface area contributed by atoms with E-state index in [1.54, 1.807) is 6.33 Å². The molecule has 5 heteroatoms. The zero-order valence-electron chi connectivity index (χ0n) is 9.15. The number of nitrogens with zero attached hydrogens (tertiary/aromatic N) is 3. The third kappa shape index (κ3) is 3.60. The summed E-state index contributed by atoms with van der Waals surface area (Å²) in [5, 5.41) is 7.73. The Kier molecular flexibility index (Phi) is 3.69. The molecule has 1 aliphatic carbocycles. The molecule has 1 aromatic heterocycles. The van der Waals surface area contributed by atoms with Crippen LogP contribution in [0.2, 0.25) is 0 Å². The van der Waals surface area contributed by atoms with Gasteiger partial charge in [-0.3, -0.25) is 4.68 Å². The Hall–Kier alpha value is -0.940. The van der Waals surface area contributed by atoms with Gasteiger partial charge in [-0.15, -0.1) is 0 Å². The highest BCUT2D eigenvalue weighted by molar-refractivity contribution is 4.86. The molecular weight excluding hydrogens is 192 g/mol. The molecule has 0 aliphatic heterocycles. The van der Waals surface area contributed by atoms with Gasteiger partial charge < -0.3 is 10.1 Å². The lowest BCUT2D eigenvalue weighted by Crippen LogP contribution is -2.16. The smallest absolute Gasteiger partial charge is 0.164 e. The number of rotatable bonds is 7. The predicted molar refractivity (Wildman–Crippen MR) is 56.4 cm³/mol. The molecule has 1 saturated carbocycles. The minimum Gasteiger partial charge on any atom is -0.380 e. The van der Waals surface area contributed by atoms with Crippen molar-refractivity contribution in [1.82, 2.24) is 20.1 Å². The molecule has 1 fully saturated rings. The maximum Gasteiger partial charge on any atom is 0.164 e. The zero-order chi connectivity index (χ0) is 10.5. The molecule has 0 unspecified atom stereocenters. The third-order valence-corrected chi connectivity index (χ3v) is 2.38. The van der Waals surface area contributed by atoms with Crippen molar-refractivity contribution in [2.75, 3.05) is 13.2 Å². The summed E-state index contributed by atoms with van der Waals surface area (Å²) >= 11 is 0. The van der Waals surface area contributed by atoms with E-state index in [9.17, 15) is 0 Å². The number of nitrogens with one attached hydrogen (secondary N) is 1. The fraction of sp³-hybridized carbons (Fsp3) is 0.800. The van der Waals surface area contributed by atoms with Gasteiger partial charge in [0.15, 0.2) is 5.82 Å². The van der Waals surface area contributed by atoms with Gasteiger partial charge in [0.2, 0.25) is 0 Å². The first-order valence-electron chi connectivity index (χ1n) is 5.58. The summed E-state index contributed by atoms with van der Waals surface area (Å²) in [7, 11) is 0. The van der Waals surface area contributed by atoms with Gasteiger partial charge in [-0.25, -0.2) is 4.98 Å². The van der Waals surface area contributed by atoms with Crippen LogP contribution in [0.3, 0.4) is 0 Å². The maximum atomic E-state index is 5.25. The summed E-state index contributed by atoms with van der Waals surface area (Å²) in [6.45, 7) is 5.02. The second-order valence-electron chi connectivity index (χ2n) is 3.78. The molecule has 15 heavy (non-hydrogen) atoms. The van der Waals surface area contributed by atoms with Crippen LogP contribution in [-0.2, 0) is 17.8 Å². The van der Waals surface area contributed by atoms with Gasteiger partial charge >= 0.3 is 0 Å². The summed E-state index contributed by atoms with van der Waals surface area (Å²) in [6, 6.07) is 0.709. The van der Waals surface area contributed by atoms with Gasteiger partial charge in [0.05, 0.1) is 19.7 Å². The fourth-order valence-corrected chi connectivity index (χ4v) is 1.35. The molecule has 0 saturated heterocycles. The molecule has 1 heterocycles.